The molecule has 0 aromatic heterocycles. The van der Waals surface area contributed by atoms with Crippen LogP contribution in [-0.4, -0.2) is 11.7 Å². The third-order valence-electron chi connectivity index (χ3n) is 6.61. The summed E-state index contributed by atoms with van der Waals surface area (Å²) in [6, 6.07) is 8.39. The van der Waals surface area contributed by atoms with E-state index in [9.17, 15) is 28.0 Å². The number of nitrogens with one attached hydrogen (secondary N) is 1. The van der Waals surface area contributed by atoms with E-state index < -0.39 is 40.0 Å². The lowest BCUT2D eigenvalue weighted by Gasteiger charge is -2.46. The van der Waals surface area contributed by atoms with E-state index in [1.54, 1.807) is 0 Å². The summed E-state index contributed by atoms with van der Waals surface area (Å²) in [5, 5.41) is 12.8. The Morgan fingerprint density at radius 2 is 1.74 bits per heavy atom. The van der Waals surface area contributed by atoms with Gasteiger partial charge >= 0.3 is 0 Å². The molecule has 3 N–H and O–H groups in total. The van der Waals surface area contributed by atoms with Crippen molar-refractivity contribution in [2.75, 3.05) is 10.2 Å². The Balaban J connectivity index is 1.92. The number of nitriles is 1. The predicted octanol–water partition coefficient (Wildman–Crippen LogP) is 4.15. The number of ketones is 1. The number of benzene rings is 2. The summed E-state index contributed by atoms with van der Waals surface area (Å²) in [6.45, 7) is 3.67. The smallest absolute Gasteiger partial charge is 0.245 e. The summed E-state index contributed by atoms with van der Waals surface area (Å²) in [4.78, 5) is 28.4. The van der Waals surface area contributed by atoms with Crippen LogP contribution in [0.4, 0.5) is 24.5 Å². The van der Waals surface area contributed by atoms with Crippen molar-refractivity contribution in [1.29, 1.82) is 5.26 Å². The molecule has 0 saturated heterocycles. The lowest BCUT2D eigenvalue weighted by molar-refractivity contribution is -0.123. The van der Waals surface area contributed by atoms with Crippen LogP contribution in [0.3, 0.4) is 0 Å². The van der Waals surface area contributed by atoms with E-state index in [-0.39, 0.29) is 52.4 Å². The lowest BCUT2D eigenvalue weighted by Crippen LogP contribution is -2.52. The molecule has 6 nitrogen and oxygen atoms in total. The van der Waals surface area contributed by atoms with Crippen molar-refractivity contribution < 1.29 is 22.8 Å². The minimum atomic E-state index is -1.98. The van der Waals surface area contributed by atoms with Gasteiger partial charge in [0, 0.05) is 35.0 Å². The molecule has 2 aromatic rings. The molecular formula is C25H19F3N4O2. The summed E-state index contributed by atoms with van der Waals surface area (Å²) in [6.07, 6.45) is 0.244. The number of hydrogen-bond donors (Lipinski definition) is 2. The Morgan fingerprint density at radius 1 is 1.06 bits per heavy atom. The first kappa shape index (κ1) is 21.8. The summed E-state index contributed by atoms with van der Waals surface area (Å²) >= 11 is 0. The molecule has 0 fully saturated rings. The molecule has 1 unspecified atom stereocenters. The maximum Gasteiger partial charge on any atom is 0.245 e. The van der Waals surface area contributed by atoms with Crippen molar-refractivity contribution >= 4 is 23.1 Å². The fourth-order valence-electron chi connectivity index (χ4n) is 5.33. The second-order valence-corrected chi connectivity index (χ2v) is 9.46. The summed E-state index contributed by atoms with van der Waals surface area (Å²) < 4.78 is 43.0. The molecule has 0 saturated carbocycles. The highest BCUT2D eigenvalue weighted by atomic mass is 19.1. The minimum Gasteiger partial charge on any atom is -0.384 e. The Bertz CT molecular complexity index is 1420. The third-order valence-corrected chi connectivity index (χ3v) is 6.61. The SMILES string of the molecule is CC1(C)CC(=O)C2=C(C1)N(c1ccc(F)cc1F)C(N)=C(C#N)C21C(=O)Nc2ccc(F)cc21. The molecule has 172 valence electrons. The third kappa shape index (κ3) is 2.75. The van der Waals surface area contributed by atoms with Gasteiger partial charge < -0.3 is 11.1 Å². The molecule has 1 aliphatic carbocycles. The Labute approximate surface area is 193 Å². The molecule has 0 radical (unpaired) electrons. The molecule has 1 atom stereocenters. The van der Waals surface area contributed by atoms with Crippen LogP contribution >= 0.6 is 0 Å². The highest BCUT2D eigenvalue weighted by molar-refractivity contribution is 6.20. The van der Waals surface area contributed by atoms with Crippen molar-refractivity contribution in [3.63, 3.8) is 0 Å². The minimum absolute atomic E-state index is 0.0455. The Hall–Kier alpha value is -4.06. The molecule has 2 heterocycles. The number of anilines is 2. The number of allylic oxidation sites excluding steroid dienone is 1. The van der Waals surface area contributed by atoms with Gasteiger partial charge in [-0.3, -0.25) is 14.5 Å². The zero-order chi connectivity index (χ0) is 24.6. The number of hydrogen-bond acceptors (Lipinski definition) is 5. The van der Waals surface area contributed by atoms with Crippen LogP contribution in [0.2, 0.25) is 0 Å². The number of amides is 1. The molecule has 0 bridgehead atoms. The fourth-order valence-corrected chi connectivity index (χ4v) is 5.33. The second-order valence-electron chi connectivity index (χ2n) is 9.46. The van der Waals surface area contributed by atoms with Crippen molar-refractivity contribution in [2.45, 2.75) is 32.1 Å². The number of fused-ring (bicyclic) bond motifs is 3. The maximum atomic E-state index is 14.9. The highest BCUT2D eigenvalue weighted by Gasteiger charge is 2.61. The molecule has 1 spiro atoms. The fraction of sp³-hybridized carbons (Fsp3) is 0.240. The first-order valence-corrected chi connectivity index (χ1v) is 10.5. The van der Waals surface area contributed by atoms with Crippen molar-refractivity contribution in [3.05, 3.63) is 82.1 Å². The van der Waals surface area contributed by atoms with E-state index in [1.165, 1.54) is 11.0 Å². The van der Waals surface area contributed by atoms with Crippen LogP contribution in [-0.2, 0) is 15.0 Å². The van der Waals surface area contributed by atoms with Crippen molar-refractivity contribution in [1.82, 2.24) is 0 Å². The van der Waals surface area contributed by atoms with E-state index in [0.717, 1.165) is 24.3 Å². The van der Waals surface area contributed by atoms with Gasteiger partial charge in [-0.15, -0.1) is 0 Å². The van der Waals surface area contributed by atoms with Crippen LogP contribution in [0.25, 0.3) is 0 Å². The summed E-state index contributed by atoms with van der Waals surface area (Å²) in [5.74, 6) is -3.88. The van der Waals surface area contributed by atoms with Crippen molar-refractivity contribution in [2.24, 2.45) is 11.1 Å². The van der Waals surface area contributed by atoms with Crippen LogP contribution < -0.4 is 16.0 Å². The molecule has 1 amide bonds. The number of nitrogens with zero attached hydrogens (tertiary/aromatic N) is 2. The van der Waals surface area contributed by atoms with Crippen LogP contribution in [0, 0.1) is 34.2 Å². The first-order chi connectivity index (χ1) is 16.0. The van der Waals surface area contributed by atoms with E-state index >= 15 is 0 Å². The monoisotopic (exact) mass is 464 g/mol. The van der Waals surface area contributed by atoms with Gasteiger partial charge in [-0.2, -0.15) is 5.26 Å². The van der Waals surface area contributed by atoms with E-state index in [2.05, 4.69) is 5.32 Å². The Morgan fingerprint density at radius 3 is 2.41 bits per heavy atom. The predicted molar refractivity (Wildman–Crippen MR) is 117 cm³/mol. The summed E-state index contributed by atoms with van der Waals surface area (Å²) in [7, 11) is 0. The lowest BCUT2D eigenvalue weighted by atomic mass is 9.60. The molecule has 9 heteroatoms. The maximum absolute atomic E-state index is 14.9. The number of halogens is 3. The van der Waals surface area contributed by atoms with Gasteiger partial charge in [0.15, 0.2) is 5.78 Å². The molecule has 5 rings (SSSR count). The Kier molecular flexibility index (Phi) is 4.46. The topological polar surface area (TPSA) is 99.2 Å². The van der Waals surface area contributed by atoms with E-state index in [4.69, 9.17) is 5.73 Å². The van der Waals surface area contributed by atoms with Crippen LogP contribution in [0.5, 0.6) is 0 Å². The molecule has 2 aliphatic heterocycles. The largest absolute Gasteiger partial charge is 0.384 e. The van der Waals surface area contributed by atoms with Gasteiger partial charge in [-0.1, -0.05) is 13.8 Å². The zero-order valence-corrected chi connectivity index (χ0v) is 18.3. The normalized spacial score (nSPS) is 23.1. The number of carbonyl (C=O) groups is 2. The van der Waals surface area contributed by atoms with Crippen molar-refractivity contribution in [3.8, 4) is 6.07 Å². The number of carbonyl (C=O) groups excluding carboxylic acids is 2. The standard InChI is InChI=1S/C25H19F3N4O2/c1-24(2)9-19-21(20(33)10-24)25(14-7-12(26)3-5-17(14)31-23(25)34)15(11-29)22(30)32(19)18-6-4-13(27)8-16(18)28/h3-8H,9-10,30H2,1-2H3,(H,31,34). The molecule has 34 heavy (non-hydrogen) atoms. The van der Waals surface area contributed by atoms with E-state index in [0.29, 0.717) is 6.07 Å². The van der Waals surface area contributed by atoms with Crippen LogP contribution in [0.15, 0.2) is 59.1 Å². The number of Topliss-reactive ketones (excluding diaryl/α,β-unsaturated/α-hetero) is 1. The molecule has 3 aliphatic rings. The van der Waals surface area contributed by atoms with Gasteiger partial charge in [0.1, 0.15) is 34.8 Å². The van der Waals surface area contributed by atoms with E-state index in [1.807, 2.05) is 19.9 Å². The zero-order valence-electron chi connectivity index (χ0n) is 18.3. The van der Waals surface area contributed by atoms with Gasteiger partial charge in [-0.05, 0) is 42.2 Å². The highest BCUT2D eigenvalue weighted by Crippen LogP contribution is 2.57. The average molecular weight is 464 g/mol. The summed E-state index contributed by atoms with van der Waals surface area (Å²) in [5.41, 5.74) is 3.87. The number of rotatable bonds is 1. The van der Waals surface area contributed by atoms with Gasteiger partial charge in [0.2, 0.25) is 5.91 Å². The molecule has 2 aromatic carbocycles. The van der Waals surface area contributed by atoms with Gasteiger partial charge in [0.25, 0.3) is 0 Å². The first-order valence-electron chi connectivity index (χ1n) is 10.5. The average Bonchev–Trinajstić information content (AvgIpc) is 3.00. The molecular weight excluding hydrogens is 445 g/mol. The quantitative estimate of drug-likeness (QED) is 0.661. The van der Waals surface area contributed by atoms with Crippen LogP contribution in [0.1, 0.15) is 32.3 Å². The number of nitrogens with two attached hydrogens (primary N) is 1. The van der Waals surface area contributed by atoms with Gasteiger partial charge in [0.05, 0.1) is 11.3 Å². The van der Waals surface area contributed by atoms with Gasteiger partial charge in [-0.25, -0.2) is 13.2 Å². The second kappa shape index (κ2) is 6.97.